The van der Waals surface area contributed by atoms with Gasteiger partial charge in [-0.3, -0.25) is 9.10 Å². The number of hydrogen-bond acceptors (Lipinski definition) is 3. The third-order valence-electron chi connectivity index (χ3n) is 3.23. The Hall–Kier alpha value is -2.41. The Balaban J connectivity index is 2.29. The van der Waals surface area contributed by atoms with Crippen molar-refractivity contribution in [3.63, 3.8) is 0 Å². The van der Waals surface area contributed by atoms with Crippen LogP contribution < -0.4 is 9.62 Å². The predicted octanol–water partition coefficient (Wildman–Crippen LogP) is 2.62. The largest absolute Gasteiger partial charge is 0.322 e. The van der Waals surface area contributed by atoms with Crippen LogP contribution in [-0.4, -0.2) is 26.6 Å². The Labute approximate surface area is 134 Å². The molecular formula is C16H17FN2O3S. The maximum atomic E-state index is 13.6. The fraction of sp³-hybridized carbons (Fsp3) is 0.188. The van der Waals surface area contributed by atoms with Crippen molar-refractivity contribution in [2.75, 3.05) is 15.9 Å². The first-order valence-electron chi connectivity index (χ1n) is 6.90. The summed E-state index contributed by atoms with van der Waals surface area (Å²) in [5, 5.41) is 2.41. The van der Waals surface area contributed by atoms with Gasteiger partial charge in [0, 0.05) is 0 Å². The second-order valence-electron chi connectivity index (χ2n) is 5.04. The number of carbonyl (C=O) groups excluding carboxylic acids is 1. The van der Waals surface area contributed by atoms with Crippen LogP contribution in [0.25, 0.3) is 0 Å². The van der Waals surface area contributed by atoms with Crippen LogP contribution in [-0.2, 0) is 14.8 Å². The minimum atomic E-state index is -3.69. The SMILES string of the molecule is CC(C(=O)Nc1ccccc1F)N(c1ccccc1)S(C)(=O)=O. The number of sulfonamides is 1. The van der Waals surface area contributed by atoms with Crippen molar-refractivity contribution in [1.82, 2.24) is 0 Å². The normalized spacial score (nSPS) is 12.5. The molecule has 0 aliphatic carbocycles. The van der Waals surface area contributed by atoms with Gasteiger partial charge in [0.05, 0.1) is 17.6 Å². The topological polar surface area (TPSA) is 66.5 Å². The van der Waals surface area contributed by atoms with Crippen molar-refractivity contribution in [2.45, 2.75) is 13.0 Å². The van der Waals surface area contributed by atoms with Crippen molar-refractivity contribution in [3.05, 3.63) is 60.4 Å². The molecule has 1 N–H and O–H groups in total. The molecule has 1 amide bonds. The van der Waals surface area contributed by atoms with Gasteiger partial charge >= 0.3 is 0 Å². The number of hydrogen-bond donors (Lipinski definition) is 1. The van der Waals surface area contributed by atoms with Crippen LogP contribution in [0.5, 0.6) is 0 Å². The molecular weight excluding hydrogens is 319 g/mol. The van der Waals surface area contributed by atoms with Gasteiger partial charge in [-0.2, -0.15) is 0 Å². The third kappa shape index (κ3) is 4.07. The second-order valence-corrected chi connectivity index (χ2v) is 6.90. The van der Waals surface area contributed by atoms with Gasteiger partial charge in [0.15, 0.2) is 0 Å². The molecule has 2 rings (SSSR count). The lowest BCUT2D eigenvalue weighted by Crippen LogP contribution is -2.45. The summed E-state index contributed by atoms with van der Waals surface area (Å²) in [5.74, 6) is -1.21. The summed E-state index contributed by atoms with van der Waals surface area (Å²) in [6.07, 6.45) is 1.02. The van der Waals surface area contributed by atoms with Gasteiger partial charge in [0.2, 0.25) is 15.9 Å². The van der Waals surface area contributed by atoms with Crippen LogP contribution in [0, 0.1) is 5.82 Å². The van der Waals surface area contributed by atoms with Crippen molar-refractivity contribution in [3.8, 4) is 0 Å². The number of rotatable bonds is 5. The molecule has 1 atom stereocenters. The first-order valence-corrected chi connectivity index (χ1v) is 8.75. The van der Waals surface area contributed by atoms with Gasteiger partial charge in [-0.25, -0.2) is 12.8 Å². The average Bonchev–Trinajstić information content (AvgIpc) is 2.49. The van der Waals surface area contributed by atoms with Crippen LogP contribution >= 0.6 is 0 Å². The summed E-state index contributed by atoms with van der Waals surface area (Å²) in [4.78, 5) is 12.3. The fourth-order valence-electron chi connectivity index (χ4n) is 2.18. The molecule has 0 spiro atoms. The van der Waals surface area contributed by atoms with Crippen LogP contribution in [0.2, 0.25) is 0 Å². The number of carbonyl (C=O) groups is 1. The highest BCUT2D eigenvalue weighted by Crippen LogP contribution is 2.21. The quantitative estimate of drug-likeness (QED) is 0.913. The highest BCUT2D eigenvalue weighted by molar-refractivity contribution is 7.92. The standard InChI is InChI=1S/C16H17FN2O3S/c1-12(16(20)18-15-11-7-6-10-14(15)17)19(23(2,21)22)13-8-4-3-5-9-13/h3-12H,1-2H3,(H,18,20). The minimum Gasteiger partial charge on any atom is -0.322 e. The second kappa shape index (κ2) is 6.78. The Morgan fingerprint density at radius 2 is 1.65 bits per heavy atom. The summed E-state index contributed by atoms with van der Waals surface area (Å²) < 4.78 is 38.8. The van der Waals surface area contributed by atoms with Crippen molar-refractivity contribution < 1.29 is 17.6 Å². The Morgan fingerprint density at radius 1 is 1.09 bits per heavy atom. The van der Waals surface area contributed by atoms with E-state index in [0.717, 1.165) is 10.6 Å². The zero-order chi connectivity index (χ0) is 17.0. The van der Waals surface area contributed by atoms with Gasteiger partial charge < -0.3 is 5.32 Å². The van der Waals surface area contributed by atoms with E-state index in [1.54, 1.807) is 36.4 Å². The van der Waals surface area contributed by atoms with Crippen molar-refractivity contribution in [1.29, 1.82) is 0 Å². The molecule has 2 aromatic carbocycles. The minimum absolute atomic E-state index is 0.00543. The summed E-state index contributed by atoms with van der Waals surface area (Å²) in [6.45, 7) is 1.45. The molecule has 5 nitrogen and oxygen atoms in total. The molecule has 0 aliphatic rings. The van der Waals surface area contributed by atoms with Gasteiger partial charge in [-0.05, 0) is 31.2 Å². The molecule has 0 aromatic heterocycles. The lowest BCUT2D eigenvalue weighted by molar-refractivity contribution is -0.116. The molecule has 1 unspecified atom stereocenters. The summed E-state index contributed by atoms with van der Waals surface area (Å²) in [5.41, 5.74) is 0.372. The van der Waals surface area contributed by atoms with Crippen molar-refractivity contribution in [2.24, 2.45) is 0 Å². The summed E-state index contributed by atoms with van der Waals surface area (Å²) in [7, 11) is -3.69. The van der Waals surface area contributed by atoms with E-state index in [1.807, 2.05) is 0 Å². The average molecular weight is 336 g/mol. The lowest BCUT2D eigenvalue weighted by Gasteiger charge is -2.28. The van der Waals surface area contributed by atoms with Gasteiger partial charge in [0.1, 0.15) is 11.9 Å². The van der Waals surface area contributed by atoms with E-state index < -0.39 is 27.8 Å². The number of nitrogens with one attached hydrogen (secondary N) is 1. The smallest absolute Gasteiger partial charge is 0.248 e. The van der Waals surface area contributed by atoms with E-state index in [4.69, 9.17) is 0 Å². The van der Waals surface area contributed by atoms with E-state index >= 15 is 0 Å². The Morgan fingerprint density at radius 3 is 2.22 bits per heavy atom. The first kappa shape index (κ1) is 17.0. The molecule has 0 aliphatic heterocycles. The van der Waals surface area contributed by atoms with Crippen LogP contribution in [0.15, 0.2) is 54.6 Å². The van der Waals surface area contributed by atoms with Crippen LogP contribution in [0.4, 0.5) is 15.8 Å². The molecule has 23 heavy (non-hydrogen) atoms. The molecule has 0 bridgehead atoms. The van der Waals surface area contributed by atoms with Crippen LogP contribution in [0.3, 0.4) is 0 Å². The number of nitrogens with zero attached hydrogens (tertiary/aromatic N) is 1. The monoisotopic (exact) mass is 336 g/mol. The summed E-state index contributed by atoms with van der Waals surface area (Å²) in [6, 6.07) is 12.9. The number of amides is 1. The maximum absolute atomic E-state index is 13.6. The highest BCUT2D eigenvalue weighted by Gasteiger charge is 2.29. The van der Waals surface area contributed by atoms with E-state index in [9.17, 15) is 17.6 Å². The highest BCUT2D eigenvalue weighted by atomic mass is 32.2. The van der Waals surface area contributed by atoms with E-state index in [1.165, 1.54) is 25.1 Å². The number of benzene rings is 2. The van der Waals surface area contributed by atoms with Gasteiger partial charge in [-0.15, -0.1) is 0 Å². The number of anilines is 2. The van der Waals surface area contributed by atoms with Crippen molar-refractivity contribution >= 4 is 27.3 Å². The third-order valence-corrected chi connectivity index (χ3v) is 4.47. The van der Waals surface area contributed by atoms with E-state index in [2.05, 4.69) is 5.32 Å². The maximum Gasteiger partial charge on any atom is 0.248 e. The molecule has 2 aromatic rings. The van der Waals surface area contributed by atoms with Gasteiger partial charge in [0.25, 0.3) is 0 Å². The lowest BCUT2D eigenvalue weighted by atomic mass is 10.2. The predicted molar refractivity (Wildman–Crippen MR) is 88.3 cm³/mol. The molecule has 0 saturated carbocycles. The molecule has 0 heterocycles. The van der Waals surface area contributed by atoms with Crippen LogP contribution in [0.1, 0.15) is 6.92 Å². The van der Waals surface area contributed by atoms with Gasteiger partial charge in [-0.1, -0.05) is 30.3 Å². The first-order chi connectivity index (χ1) is 10.8. The molecule has 0 radical (unpaired) electrons. The summed E-state index contributed by atoms with van der Waals surface area (Å²) >= 11 is 0. The Kier molecular flexibility index (Phi) is 5.00. The number of halogens is 1. The fourth-order valence-corrected chi connectivity index (χ4v) is 3.36. The molecule has 7 heteroatoms. The van der Waals surface area contributed by atoms with E-state index in [0.29, 0.717) is 5.69 Å². The van der Waals surface area contributed by atoms with E-state index in [-0.39, 0.29) is 5.69 Å². The number of para-hydroxylation sites is 2. The zero-order valence-electron chi connectivity index (χ0n) is 12.7. The molecule has 122 valence electrons. The molecule has 0 saturated heterocycles. The Bertz CT molecular complexity index is 794. The molecule has 0 fully saturated rings. The zero-order valence-corrected chi connectivity index (χ0v) is 13.5.